The minimum Gasteiger partial charge on any atom is -0.483 e. The Morgan fingerprint density at radius 1 is 1.00 bits per heavy atom. The van der Waals surface area contributed by atoms with Gasteiger partial charge in [-0.05, 0) is 62.4 Å². The summed E-state index contributed by atoms with van der Waals surface area (Å²) in [6, 6.07) is 12.9. The summed E-state index contributed by atoms with van der Waals surface area (Å²) in [7, 11) is 0. The molecule has 1 aliphatic rings. The lowest BCUT2D eigenvalue weighted by Crippen LogP contribution is -2.24. The first-order valence-electron chi connectivity index (χ1n) is 7.98. The van der Waals surface area contributed by atoms with Crippen LogP contribution in [0.4, 0.5) is 0 Å². The van der Waals surface area contributed by atoms with Gasteiger partial charge in [0.1, 0.15) is 5.75 Å². The Morgan fingerprint density at radius 3 is 2.57 bits per heavy atom. The molecular weight excluding hydrogens is 288 g/mol. The number of benzene rings is 2. The molecule has 0 fully saturated rings. The zero-order chi connectivity index (χ0) is 16.4. The fraction of sp³-hybridized carbons (Fsp3) is 0.300. The molecule has 118 valence electrons. The maximum absolute atomic E-state index is 12.6. The van der Waals surface area contributed by atoms with Gasteiger partial charge in [-0.3, -0.25) is 9.59 Å². The Bertz CT molecular complexity index is 761. The van der Waals surface area contributed by atoms with E-state index in [1.54, 1.807) is 31.2 Å². The van der Waals surface area contributed by atoms with Crippen molar-refractivity contribution >= 4 is 11.6 Å². The number of ketones is 2. The molecule has 3 nitrogen and oxygen atoms in total. The highest BCUT2D eigenvalue weighted by Crippen LogP contribution is 2.24. The third kappa shape index (κ3) is 3.34. The molecule has 3 heteroatoms. The SMILES string of the molecule is CC(=O)c1cccc(OC(C)C(=O)c2ccc3c(c2)CCC3)c1. The largest absolute Gasteiger partial charge is 0.483 e. The summed E-state index contributed by atoms with van der Waals surface area (Å²) in [6.45, 7) is 3.26. The molecule has 0 bridgehead atoms. The summed E-state index contributed by atoms with van der Waals surface area (Å²) in [5.41, 5.74) is 3.91. The monoisotopic (exact) mass is 308 g/mol. The third-order valence-electron chi connectivity index (χ3n) is 4.31. The average molecular weight is 308 g/mol. The molecular formula is C20H20O3. The van der Waals surface area contributed by atoms with Crippen molar-refractivity contribution in [2.45, 2.75) is 39.2 Å². The highest BCUT2D eigenvalue weighted by molar-refractivity contribution is 5.99. The van der Waals surface area contributed by atoms with Crippen LogP contribution in [-0.4, -0.2) is 17.7 Å². The maximum atomic E-state index is 12.6. The second-order valence-electron chi connectivity index (χ2n) is 6.05. The lowest BCUT2D eigenvalue weighted by molar-refractivity contribution is 0.0818. The van der Waals surface area contributed by atoms with Gasteiger partial charge in [0.05, 0.1) is 0 Å². The quantitative estimate of drug-likeness (QED) is 0.783. The Labute approximate surface area is 136 Å². The first-order chi connectivity index (χ1) is 11.0. The third-order valence-corrected chi connectivity index (χ3v) is 4.31. The fourth-order valence-corrected chi connectivity index (χ4v) is 3.01. The molecule has 0 aliphatic heterocycles. The van der Waals surface area contributed by atoms with E-state index < -0.39 is 6.10 Å². The molecule has 0 spiro atoms. The summed E-state index contributed by atoms with van der Waals surface area (Å²) in [5, 5.41) is 0. The van der Waals surface area contributed by atoms with Crippen LogP contribution in [0, 0.1) is 0 Å². The molecule has 3 rings (SSSR count). The maximum Gasteiger partial charge on any atom is 0.203 e. The summed E-state index contributed by atoms with van der Waals surface area (Å²) in [6.07, 6.45) is 2.73. The molecule has 0 heterocycles. The van der Waals surface area contributed by atoms with Crippen molar-refractivity contribution in [1.82, 2.24) is 0 Å². The van der Waals surface area contributed by atoms with Crippen LogP contribution in [0.3, 0.4) is 0 Å². The van der Waals surface area contributed by atoms with Crippen molar-refractivity contribution < 1.29 is 14.3 Å². The number of hydrogen-bond donors (Lipinski definition) is 0. The van der Waals surface area contributed by atoms with Gasteiger partial charge in [-0.25, -0.2) is 0 Å². The molecule has 2 aromatic carbocycles. The van der Waals surface area contributed by atoms with Crippen LogP contribution >= 0.6 is 0 Å². The van der Waals surface area contributed by atoms with Crippen LogP contribution in [0.2, 0.25) is 0 Å². The van der Waals surface area contributed by atoms with Crippen molar-refractivity contribution in [3.63, 3.8) is 0 Å². The molecule has 0 amide bonds. The Balaban J connectivity index is 1.75. The summed E-state index contributed by atoms with van der Waals surface area (Å²) >= 11 is 0. The number of ether oxygens (including phenoxy) is 1. The van der Waals surface area contributed by atoms with Crippen molar-refractivity contribution in [2.24, 2.45) is 0 Å². The van der Waals surface area contributed by atoms with Gasteiger partial charge in [0.2, 0.25) is 5.78 Å². The normalized spacial score (nSPS) is 14.2. The van der Waals surface area contributed by atoms with Crippen LogP contribution in [0.1, 0.15) is 52.1 Å². The summed E-state index contributed by atoms with van der Waals surface area (Å²) in [5.74, 6) is 0.487. The van der Waals surface area contributed by atoms with E-state index in [-0.39, 0.29) is 11.6 Å². The van der Waals surface area contributed by atoms with E-state index >= 15 is 0 Å². The van der Waals surface area contributed by atoms with E-state index in [1.165, 1.54) is 18.1 Å². The first-order valence-corrected chi connectivity index (χ1v) is 7.98. The minimum atomic E-state index is -0.586. The number of fused-ring (bicyclic) bond motifs is 1. The smallest absolute Gasteiger partial charge is 0.203 e. The van der Waals surface area contributed by atoms with Crippen LogP contribution < -0.4 is 4.74 Å². The van der Waals surface area contributed by atoms with Crippen molar-refractivity contribution in [3.05, 3.63) is 64.7 Å². The average Bonchev–Trinajstić information content (AvgIpc) is 3.01. The van der Waals surface area contributed by atoms with Gasteiger partial charge >= 0.3 is 0 Å². The minimum absolute atomic E-state index is 0.0203. The highest BCUT2D eigenvalue weighted by atomic mass is 16.5. The first kappa shape index (κ1) is 15.5. The topological polar surface area (TPSA) is 43.4 Å². The predicted octanol–water partition coefficient (Wildman–Crippen LogP) is 4.03. The molecule has 1 aliphatic carbocycles. The van der Waals surface area contributed by atoms with E-state index in [1.807, 2.05) is 12.1 Å². The number of carbonyl (C=O) groups excluding carboxylic acids is 2. The molecule has 0 saturated heterocycles. The number of rotatable bonds is 5. The number of Topliss-reactive ketones (excluding diaryl/α,β-unsaturated/α-hetero) is 2. The molecule has 1 atom stereocenters. The lowest BCUT2D eigenvalue weighted by Gasteiger charge is -2.15. The van der Waals surface area contributed by atoms with Crippen LogP contribution in [0.25, 0.3) is 0 Å². The second-order valence-corrected chi connectivity index (χ2v) is 6.05. The number of hydrogen-bond acceptors (Lipinski definition) is 3. The van der Waals surface area contributed by atoms with Crippen LogP contribution in [-0.2, 0) is 12.8 Å². The highest BCUT2D eigenvalue weighted by Gasteiger charge is 2.20. The number of aryl methyl sites for hydroxylation is 2. The summed E-state index contributed by atoms with van der Waals surface area (Å²) < 4.78 is 5.74. The molecule has 0 N–H and O–H groups in total. The van der Waals surface area contributed by atoms with Gasteiger partial charge in [0.25, 0.3) is 0 Å². The van der Waals surface area contributed by atoms with Crippen LogP contribution in [0.15, 0.2) is 42.5 Å². The second kappa shape index (κ2) is 6.37. The van der Waals surface area contributed by atoms with Gasteiger partial charge in [-0.1, -0.05) is 24.3 Å². The van der Waals surface area contributed by atoms with Gasteiger partial charge in [-0.15, -0.1) is 0 Å². The predicted molar refractivity (Wildman–Crippen MR) is 89.3 cm³/mol. The Morgan fingerprint density at radius 2 is 1.78 bits per heavy atom. The molecule has 0 saturated carbocycles. The standard InChI is InChI=1S/C20H20O3/c1-13(21)16-6-4-8-19(12-16)23-14(2)20(22)18-10-9-15-5-3-7-17(15)11-18/h4,6,8-12,14H,3,5,7H2,1-2H3. The fourth-order valence-electron chi connectivity index (χ4n) is 3.01. The Kier molecular flexibility index (Phi) is 4.28. The van der Waals surface area contributed by atoms with E-state index in [4.69, 9.17) is 4.74 Å². The van der Waals surface area contributed by atoms with Crippen molar-refractivity contribution in [2.75, 3.05) is 0 Å². The van der Waals surface area contributed by atoms with E-state index in [2.05, 4.69) is 6.07 Å². The molecule has 1 unspecified atom stereocenters. The van der Waals surface area contributed by atoms with Crippen molar-refractivity contribution in [3.8, 4) is 5.75 Å². The van der Waals surface area contributed by atoms with E-state index in [9.17, 15) is 9.59 Å². The molecule has 2 aromatic rings. The van der Waals surface area contributed by atoms with Crippen molar-refractivity contribution in [1.29, 1.82) is 0 Å². The van der Waals surface area contributed by atoms with Gasteiger partial charge in [0, 0.05) is 11.1 Å². The van der Waals surface area contributed by atoms with Gasteiger partial charge < -0.3 is 4.74 Å². The van der Waals surface area contributed by atoms with E-state index in [0.717, 1.165) is 19.3 Å². The lowest BCUT2D eigenvalue weighted by atomic mass is 10.0. The van der Waals surface area contributed by atoms with Crippen LogP contribution in [0.5, 0.6) is 5.75 Å². The zero-order valence-corrected chi connectivity index (χ0v) is 13.5. The zero-order valence-electron chi connectivity index (χ0n) is 13.5. The Hall–Kier alpha value is -2.42. The van der Waals surface area contributed by atoms with E-state index in [0.29, 0.717) is 16.9 Å². The van der Waals surface area contributed by atoms with Gasteiger partial charge in [0.15, 0.2) is 11.9 Å². The molecule has 0 aromatic heterocycles. The van der Waals surface area contributed by atoms with Gasteiger partial charge in [-0.2, -0.15) is 0 Å². The summed E-state index contributed by atoms with van der Waals surface area (Å²) in [4.78, 5) is 24.0. The molecule has 23 heavy (non-hydrogen) atoms. The number of carbonyl (C=O) groups is 2. The molecule has 0 radical (unpaired) electrons.